The van der Waals surface area contributed by atoms with Gasteiger partial charge in [-0.05, 0) is 37.3 Å². The number of carbonyl (C=O) groups is 1. The lowest BCUT2D eigenvalue weighted by Crippen LogP contribution is -2.26. The van der Waals surface area contributed by atoms with Crippen LogP contribution in [-0.2, 0) is 20.9 Å². The Labute approximate surface area is 119 Å². The largest absolute Gasteiger partial charge is 0.469 e. The minimum absolute atomic E-state index is 0.0197. The number of nitrogens with zero attached hydrogens (tertiary/aromatic N) is 1. The van der Waals surface area contributed by atoms with E-state index in [4.69, 9.17) is 14.7 Å². The first-order valence-corrected chi connectivity index (χ1v) is 6.92. The van der Waals surface area contributed by atoms with Crippen LogP contribution >= 0.6 is 0 Å². The zero-order chi connectivity index (χ0) is 14.4. The third-order valence-electron chi connectivity index (χ3n) is 3.82. The Hall–Kier alpha value is -1.86. The first-order valence-electron chi connectivity index (χ1n) is 6.92. The van der Waals surface area contributed by atoms with Gasteiger partial charge < -0.3 is 9.47 Å². The van der Waals surface area contributed by atoms with Gasteiger partial charge in [-0.2, -0.15) is 5.26 Å². The topological polar surface area (TPSA) is 59.3 Å². The summed E-state index contributed by atoms with van der Waals surface area (Å²) in [5.74, 6) is -0.0930. The number of nitriles is 1. The van der Waals surface area contributed by atoms with E-state index in [2.05, 4.69) is 6.07 Å². The summed E-state index contributed by atoms with van der Waals surface area (Å²) in [5, 5.41) is 9.02. The van der Waals surface area contributed by atoms with E-state index in [1.54, 1.807) is 6.07 Å². The average molecular weight is 273 g/mol. The fourth-order valence-electron chi connectivity index (χ4n) is 2.59. The molecule has 0 atom stereocenters. The van der Waals surface area contributed by atoms with Gasteiger partial charge in [0.2, 0.25) is 0 Å². The number of rotatable bonds is 4. The maximum absolute atomic E-state index is 11.4. The molecule has 0 aliphatic heterocycles. The molecular weight excluding hydrogens is 254 g/mol. The number of hydrogen-bond acceptors (Lipinski definition) is 4. The Morgan fingerprint density at radius 1 is 1.30 bits per heavy atom. The van der Waals surface area contributed by atoms with Crippen LogP contribution in [0.2, 0.25) is 0 Å². The number of esters is 1. The lowest BCUT2D eigenvalue weighted by Gasteiger charge is -2.27. The summed E-state index contributed by atoms with van der Waals surface area (Å²) in [6.07, 6.45) is 3.54. The quantitative estimate of drug-likeness (QED) is 0.791. The van der Waals surface area contributed by atoms with Crippen LogP contribution in [0.5, 0.6) is 0 Å². The molecule has 1 aromatic carbocycles. The molecule has 0 amide bonds. The third-order valence-corrected chi connectivity index (χ3v) is 3.82. The van der Waals surface area contributed by atoms with Crippen molar-refractivity contribution in [1.82, 2.24) is 0 Å². The molecule has 106 valence electrons. The van der Waals surface area contributed by atoms with E-state index in [1.165, 1.54) is 7.11 Å². The number of hydrogen-bond donors (Lipinski definition) is 0. The van der Waals surface area contributed by atoms with Crippen LogP contribution in [0.1, 0.15) is 36.8 Å². The molecule has 0 radical (unpaired) electrons. The van der Waals surface area contributed by atoms with Crippen molar-refractivity contribution in [3.8, 4) is 6.07 Å². The van der Waals surface area contributed by atoms with Gasteiger partial charge in [-0.3, -0.25) is 4.79 Å². The predicted molar refractivity (Wildman–Crippen MR) is 73.7 cm³/mol. The predicted octanol–water partition coefficient (Wildman–Crippen LogP) is 2.81. The van der Waals surface area contributed by atoms with Crippen LogP contribution in [0.15, 0.2) is 24.3 Å². The van der Waals surface area contributed by atoms with Gasteiger partial charge in [0.1, 0.15) is 0 Å². The van der Waals surface area contributed by atoms with E-state index >= 15 is 0 Å². The van der Waals surface area contributed by atoms with Crippen molar-refractivity contribution in [1.29, 1.82) is 5.26 Å². The van der Waals surface area contributed by atoms with Gasteiger partial charge in [0.05, 0.1) is 37.4 Å². The first kappa shape index (κ1) is 14.5. The zero-order valence-corrected chi connectivity index (χ0v) is 11.7. The Morgan fingerprint density at radius 2 is 2.00 bits per heavy atom. The monoisotopic (exact) mass is 273 g/mol. The minimum Gasteiger partial charge on any atom is -0.469 e. The van der Waals surface area contributed by atoms with E-state index in [0.717, 1.165) is 31.2 Å². The molecule has 20 heavy (non-hydrogen) atoms. The summed E-state index contributed by atoms with van der Waals surface area (Å²) in [7, 11) is 1.43. The molecule has 0 spiro atoms. The van der Waals surface area contributed by atoms with Gasteiger partial charge in [0.15, 0.2) is 0 Å². The molecule has 0 saturated heterocycles. The highest BCUT2D eigenvalue weighted by Crippen LogP contribution is 2.27. The van der Waals surface area contributed by atoms with Gasteiger partial charge in [-0.25, -0.2) is 0 Å². The molecule has 0 unspecified atom stereocenters. The molecule has 0 aromatic heterocycles. The Morgan fingerprint density at radius 3 is 2.65 bits per heavy atom. The van der Waals surface area contributed by atoms with E-state index in [-0.39, 0.29) is 18.0 Å². The number of methoxy groups -OCH3 is 1. The minimum atomic E-state index is -0.113. The summed E-state index contributed by atoms with van der Waals surface area (Å²) in [6, 6.07) is 9.65. The van der Waals surface area contributed by atoms with Crippen molar-refractivity contribution in [3.05, 3.63) is 35.4 Å². The molecule has 0 N–H and O–H groups in total. The second kappa shape index (κ2) is 7.06. The van der Waals surface area contributed by atoms with E-state index in [0.29, 0.717) is 12.2 Å². The summed E-state index contributed by atoms with van der Waals surface area (Å²) in [5.41, 5.74) is 1.58. The zero-order valence-electron chi connectivity index (χ0n) is 11.7. The van der Waals surface area contributed by atoms with E-state index in [1.807, 2.05) is 18.2 Å². The highest BCUT2D eigenvalue weighted by molar-refractivity contribution is 5.72. The fourth-order valence-corrected chi connectivity index (χ4v) is 2.59. The van der Waals surface area contributed by atoms with Crippen molar-refractivity contribution in [2.75, 3.05) is 7.11 Å². The smallest absolute Gasteiger partial charge is 0.308 e. The van der Waals surface area contributed by atoms with Crippen molar-refractivity contribution in [2.24, 2.45) is 5.92 Å². The average Bonchev–Trinajstić information content (AvgIpc) is 2.53. The number of carbonyl (C=O) groups excluding carboxylic acids is 1. The lowest BCUT2D eigenvalue weighted by molar-refractivity contribution is -0.147. The highest BCUT2D eigenvalue weighted by Gasteiger charge is 2.27. The Bertz CT molecular complexity index is 499. The van der Waals surface area contributed by atoms with Crippen LogP contribution < -0.4 is 0 Å². The molecule has 1 aliphatic carbocycles. The molecule has 1 aromatic rings. The highest BCUT2D eigenvalue weighted by atomic mass is 16.5. The SMILES string of the molecule is COC(=O)C1CCC(OCc2ccccc2C#N)CC1. The first-order chi connectivity index (χ1) is 9.74. The van der Waals surface area contributed by atoms with Crippen molar-refractivity contribution in [3.63, 3.8) is 0 Å². The van der Waals surface area contributed by atoms with E-state index in [9.17, 15) is 4.79 Å². The molecule has 4 heteroatoms. The maximum Gasteiger partial charge on any atom is 0.308 e. The lowest BCUT2D eigenvalue weighted by atomic mass is 9.87. The van der Waals surface area contributed by atoms with Crippen LogP contribution in [0.25, 0.3) is 0 Å². The van der Waals surface area contributed by atoms with E-state index < -0.39 is 0 Å². The van der Waals surface area contributed by atoms with Crippen molar-refractivity contribution < 1.29 is 14.3 Å². The second-order valence-electron chi connectivity index (χ2n) is 5.08. The van der Waals surface area contributed by atoms with Crippen molar-refractivity contribution in [2.45, 2.75) is 38.4 Å². The normalized spacial score (nSPS) is 22.0. The third kappa shape index (κ3) is 3.58. The fraction of sp³-hybridized carbons (Fsp3) is 0.500. The molecule has 0 heterocycles. The molecule has 1 aliphatic rings. The number of ether oxygens (including phenoxy) is 2. The van der Waals surface area contributed by atoms with Gasteiger partial charge in [0, 0.05) is 0 Å². The second-order valence-corrected chi connectivity index (χ2v) is 5.08. The van der Waals surface area contributed by atoms with Crippen molar-refractivity contribution >= 4 is 5.97 Å². The summed E-state index contributed by atoms with van der Waals surface area (Å²) in [6.45, 7) is 0.456. The summed E-state index contributed by atoms with van der Waals surface area (Å²) >= 11 is 0. The van der Waals surface area contributed by atoms with Crippen LogP contribution in [-0.4, -0.2) is 19.2 Å². The van der Waals surface area contributed by atoms with Gasteiger partial charge in [-0.1, -0.05) is 18.2 Å². The van der Waals surface area contributed by atoms with Gasteiger partial charge in [0.25, 0.3) is 0 Å². The molecule has 4 nitrogen and oxygen atoms in total. The molecule has 1 fully saturated rings. The summed E-state index contributed by atoms with van der Waals surface area (Å²) < 4.78 is 10.6. The Kier molecular flexibility index (Phi) is 5.14. The summed E-state index contributed by atoms with van der Waals surface area (Å²) in [4.78, 5) is 11.4. The van der Waals surface area contributed by atoms with Crippen LogP contribution in [0, 0.1) is 17.2 Å². The molecule has 2 rings (SSSR count). The Balaban J connectivity index is 1.82. The van der Waals surface area contributed by atoms with Gasteiger partial charge >= 0.3 is 5.97 Å². The molecule has 1 saturated carbocycles. The molecular formula is C16H19NO3. The molecule has 0 bridgehead atoms. The standard InChI is InChI=1S/C16H19NO3/c1-19-16(18)12-6-8-15(9-7-12)20-11-14-5-3-2-4-13(14)10-17/h2-5,12,15H,6-9,11H2,1H3. The van der Waals surface area contributed by atoms with Gasteiger partial charge in [-0.15, -0.1) is 0 Å². The number of benzene rings is 1. The maximum atomic E-state index is 11.4. The van der Waals surface area contributed by atoms with Crippen LogP contribution in [0.3, 0.4) is 0 Å². The van der Waals surface area contributed by atoms with Crippen LogP contribution in [0.4, 0.5) is 0 Å².